The van der Waals surface area contributed by atoms with E-state index in [2.05, 4.69) is 17.9 Å². The van der Waals surface area contributed by atoms with Gasteiger partial charge in [-0.05, 0) is 31.8 Å². The van der Waals surface area contributed by atoms with E-state index in [9.17, 15) is 4.79 Å². The number of piperidine rings is 1. The van der Waals surface area contributed by atoms with Gasteiger partial charge >= 0.3 is 0 Å². The Bertz CT molecular complexity index is 290. The van der Waals surface area contributed by atoms with Crippen molar-refractivity contribution >= 4 is 5.91 Å². The molecular weight excluding hydrogens is 226 g/mol. The molecule has 0 aliphatic carbocycles. The number of carbonyl (C=O) groups is 1. The zero-order valence-electron chi connectivity index (χ0n) is 11.7. The van der Waals surface area contributed by atoms with Crippen LogP contribution >= 0.6 is 0 Å². The van der Waals surface area contributed by atoms with Gasteiger partial charge in [0.15, 0.2) is 0 Å². The molecule has 1 rings (SSSR count). The molecule has 0 bridgehead atoms. The third-order valence-electron chi connectivity index (χ3n) is 3.75. The third kappa shape index (κ3) is 5.05. The number of hydrogen-bond acceptors (Lipinski definition) is 3. The van der Waals surface area contributed by atoms with Gasteiger partial charge in [-0.15, -0.1) is 0 Å². The summed E-state index contributed by atoms with van der Waals surface area (Å²) in [6.45, 7) is 5.38. The molecule has 4 nitrogen and oxygen atoms in total. The maximum atomic E-state index is 11.9. The van der Waals surface area contributed by atoms with E-state index in [1.165, 1.54) is 25.7 Å². The molecule has 18 heavy (non-hydrogen) atoms. The highest BCUT2D eigenvalue weighted by Gasteiger charge is 2.21. The summed E-state index contributed by atoms with van der Waals surface area (Å²) in [6, 6.07) is 2.07. The molecule has 1 aliphatic heterocycles. The van der Waals surface area contributed by atoms with Crippen LogP contribution < -0.4 is 0 Å². The predicted octanol–water partition coefficient (Wildman–Crippen LogP) is 1.87. The number of carbonyl (C=O) groups excluding carboxylic acids is 1. The second-order valence-corrected chi connectivity index (χ2v) is 5.23. The Labute approximate surface area is 111 Å². The van der Waals surface area contributed by atoms with Crippen LogP contribution in [-0.4, -0.2) is 48.9 Å². The third-order valence-corrected chi connectivity index (χ3v) is 3.75. The molecule has 0 radical (unpaired) electrons. The second kappa shape index (κ2) is 8.10. The summed E-state index contributed by atoms with van der Waals surface area (Å²) < 4.78 is 0. The highest BCUT2D eigenvalue weighted by molar-refractivity contribution is 5.78. The summed E-state index contributed by atoms with van der Waals surface area (Å²) in [5.74, 6) is 0.997. The minimum absolute atomic E-state index is 0.138. The van der Waals surface area contributed by atoms with Crippen molar-refractivity contribution in [1.82, 2.24) is 9.80 Å². The predicted molar refractivity (Wildman–Crippen MR) is 71.9 cm³/mol. The Balaban J connectivity index is 2.24. The van der Waals surface area contributed by atoms with Gasteiger partial charge in [0.1, 0.15) is 0 Å². The number of nitriles is 1. The topological polar surface area (TPSA) is 47.3 Å². The Kier molecular flexibility index (Phi) is 6.74. The van der Waals surface area contributed by atoms with Crippen molar-refractivity contribution in [3.05, 3.63) is 0 Å². The molecule has 4 heteroatoms. The van der Waals surface area contributed by atoms with Crippen molar-refractivity contribution in [3.63, 3.8) is 0 Å². The summed E-state index contributed by atoms with van der Waals surface area (Å²) >= 11 is 0. The summed E-state index contributed by atoms with van der Waals surface area (Å²) in [6.07, 6.45) is 5.46. The van der Waals surface area contributed by atoms with E-state index in [0.29, 0.717) is 19.5 Å². The molecule has 1 heterocycles. The van der Waals surface area contributed by atoms with Crippen LogP contribution in [0.4, 0.5) is 0 Å². The lowest BCUT2D eigenvalue weighted by Crippen LogP contribution is -2.42. The van der Waals surface area contributed by atoms with Crippen molar-refractivity contribution < 1.29 is 4.79 Å². The highest BCUT2D eigenvalue weighted by Crippen LogP contribution is 2.21. The first-order valence-corrected chi connectivity index (χ1v) is 7.00. The van der Waals surface area contributed by atoms with E-state index >= 15 is 0 Å². The number of nitrogens with zero attached hydrogens (tertiary/aromatic N) is 3. The summed E-state index contributed by atoms with van der Waals surface area (Å²) in [5, 5.41) is 8.50. The number of rotatable bonds is 6. The first-order chi connectivity index (χ1) is 8.67. The standard InChI is InChI=1S/C14H25N3O/c1-3-5-13-6-10-17(11-7-13)12-14(18)16(2)9-4-8-15/h13H,3-7,9-12H2,1-2H3. The van der Waals surface area contributed by atoms with Crippen LogP contribution in [0.3, 0.4) is 0 Å². The van der Waals surface area contributed by atoms with Crippen molar-refractivity contribution in [1.29, 1.82) is 5.26 Å². The van der Waals surface area contributed by atoms with Crippen molar-refractivity contribution in [2.75, 3.05) is 33.2 Å². The van der Waals surface area contributed by atoms with Crippen LogP contribution in [0.25, 0.3) is 0 Å². The van der Waals surface area contributed by atoms with E-state index in [1.807, 2.05) is 0 Å². The minimum Gasteiger partial charge on any atom is -0.344 e. The Morgan fingerprint density at radius 2 is 2.11 bits per heavy atom. The Morgan fingerprint density at radius 1 is 1.44 bits per heavy atom. The van der Waals surface area contributed by atoms with Crippen LogP contribution in [0.15, 0.2) is 0 Å². The lowest BCUT2D eigenvalue weighted by atomic mass is 9.92. The van der Waals surface area contributed by atoms with Crippen LogP contribution in [0, 0.1) is 17.2 Å². The average molecular weight is 251 g/mol. The van der Waals surface area contributed by atoms with Gasteiger partial charge in [0.05, 0.1) is 19.0 Å². The fraction of sp³-hybridized carbons (Fsp3) is 0.857. The fourth-order valence-electron chi connectivity index (χ4n) is 2.50. The molecule has 0 aromatic heterocycles. The van der Waals surface area contributed by atoms with Crippen LogP contribution in [0.5, 0.6) is 0 Å². The molecule has 1 fully saturated rings. The van der Waals surface area contributed by atoms with Gasteiger partial charge in [0, 0.05) is 13.6 Å². The lowest BCUT2D eigenvalue weighted by Gasteiger charge is -2.32. The smallest absolute Gasteiger partial charge is 0.236 e. The molecule has 0 unspecified atom stereocenters. The quantitative estimate of drug-likeness (QED) is 0.724. The summed E-state index contributed by atoms with van der Waals surface area (Å²) in [7, 11) is 1.78. The van der Waals surface area contributed by atoms with E-state index in [1.54, 1.807) is 11.9 Å². The molecule has 0 saturated carbocycles. The summed E-state index contributed by atoms with van der Waals surface area (Å²) in [5.41, 5.74) is 0. The highest BCUT2D eigenvalue weighted by atomic mass is 16.2. The van der Waals surface area contributed by atoms with Gasteiger partial charge in [-0.1, -0.05) is 19.8 Å². The Hall–Kier alpha value is -1.08. The van der Waals surface area contributed by atoms with Crippen molar-refractivity contribution in [2.24, 2.45) is 5.92 Å². The first-order valence-electron chi connectivity index (χ1n) is 7.00. The molecule has 0 aromatic carbocycles. The number of amides is 1. The zero-order valence-corrected chi connectivity index (χ0v) is 11.7. The molecule has 1 saturated heterocycles. The first kappa shape index (κ1) is 15.0. The molecule has 0 aromatic rings. The van der Waals surface area contributed by atoms with Crippen molar-refractivity contribution in [2.45, 2.75) is 39.0 Å². The van der Waals surface area contributed by atoms with E-state index in [0.717, 1.165) is 19.0 Å². The zero-order chi connectivity index (χ0) is 13.4. The SMILES string of the molecule is CCCC1CCN(CC(=O)N(C)CCC#N)CC1. The molecule has 0 N–H and O–H groups in total. The minimum atomic E-state index is 0.138. The maximum Gasteiger partial charge on any atom is 0.236 e. The number of hydrogen-bond donors (Lipinski definition) is 0. The van der Waals surface area contributed by atoms with Gasteiger partial charge in [0.25, 0.3) is 0 Å². The molecule has 0 spiro atoms. The largest absolute Gasteiger partial charge is 0.344 e. The van der Waals surface area contributed by atoms with E-state index in [-0.39, 0.29) is 5.91 Å². The Morgan fingerprint density at radius 3 is 2.67 bits per heavy atom. The van der Waals surface area contributed by atoms with E-state index < -0.39 is 0 Å². The monoisotopic (exact) mass is 251 g/mol. The van der Waals surface area contributed by atoms with Crippen LogP contribution in [-0.2, 0) is 4.79 Å². The summed E-state index contributed by atoms with van der Waals surface area (Å²) in [4.78, 5) is 15.8. The number of likely N-dealkylation sites (N-methyl/N-ethyl adjacent to an activating group) is 1. The van der Waals surface area contributed by atoms with Gasteiger partial charge in [-0.2, -0.15) is 5.26 Å². The normalized spacial score (nSPS) is 17.4. The lowest BCUT2D eigenvalue weighted by molar-refractivity contribution is -0.131. The fourth-order valence-corrected chi connectivity index (χ4v) is 2.50. The molecule has 102 valence electrons. The maximum absolute atomic E-state index is 11.9. The molecular formula is C14H25N3O. The van der Waals surface area contributed by atoms with E-state index in [4.69, 9.17) is 5.26 Å². The van der Waals surface area contributed by atoms with Gasteiger partial charge in [-0.3, -0.25) is 9.69 Å². The number of likely N-dealkylation sites (tertiary alicyclic amines) is 1. The van der Waals surface area contributed by atoms with Gasteiger partial charge in [0.2, 0.25) is 5.91 Å². The molecule has 0 atom stereocenters. The van der Waals surface area contributed by atoms with Crippen LogP contribution in [0.2, 0.25) is 0 Å². The molecule has 1 amide bonds. The van der Waals surface area contributed by atoms with Crippen LogP contribution in [0.1, 0.15) is 39.0 Å². The van der Waals surface area contributed by atoms with Gasteiger partial charge in [-0.25, -0.2) is 0 Å². The average Bonchev–Trinajstić information content (AvgIpc) is 2.38. The molecule has 1 aliphatic rings. The van der Waals surface area contributed by atoms with Crippen molar-refractivity contribution in [3.8, 4) is 6.07 Å². The second-order valence-electron chi connectivity index (χ2n) is 5.23. The van der Waals surface area contributed by atoms with Gasteiger partial charge < -0.3 is 4.90 Å².